The van der Waals surface area contributed by atoms with Crippen LogP contribution >= 0.6 is 11.6 Å². The van der Waals surface area contributed by atoms with Gasteiger partial charge >= 0.3 is 0 Å². The van der Waals surface area contributed by atoms with E-state index in [-0.39, 0.29) is 18.4 Å². The number of hydrogen-bond donors (Lipinski definition) is 2. The number of halogens is 4. The number of nitrogens with zero attached hydrogens (tertiary/aromatic N) is 3. The number of pyridine rings is 1. The van der Waals surface area contributed by atoms with Crippen molar-refractivity contribution in [3.05, 3.63) is 70.5 Å². The summed E-state index contributed by atoms with van der Waals surface area (Å²) >= 11 is 6.17. The van der Waals surface area contributed by atoms with Gasteiger partial charge in [0.25, 0.3) is 16.4 Å². The van der Waals surface area contributed by atoms with Crippen molar-refractivity contribution in [1.29, 1.82) is 0 Å². The Morgan fingerprint density at radius 1 is 1.19 bits per heavy atom. The zero-order valence-corrected chi connectivity index (χ0v) is 22.5. The third kappa shape index (κ3) is 7.52. The van der Waals surface area contributed by atoms with Crippen molar-refractivity contribution in [3.63, 3.8) is 0 Å². The van der Waals surface area contributed by atoms with Crippen LogP contribution in [-0.4, -0.2) is 37.6 Å². The number of benzene rings is 1. The third-order valence-corrected chi connectivity index (χ3v) is 7.83. The summed E-state index contributed by atoms with van der Waals surface area (Å²) in [6.45, 7) is 6.99. The molecule has 1 aromatic carbocycles. The minimum Gasteiger partial charge on any atom is -0.361 e. The fourth-order valence-corrected chi connectivity index (χ4v) is 4.69. The van der Waals surface area contributed by atoms with Gasteiger partial charge < -0.3 is 14.6 Å². The highest BCUT2D eigenvalue weighted by molar-refractivity contribution is 7.89. The molecule has 0 aliphatic heterocycles. The van der Waals surface area contributed by atoms with Crippen molar-refractivity contribution >= 4 is 35.5 Å². The molecular weight excluding hydrogens is 535 g/mol. The fourth-order valence-electron chi connectivity index (χ4n) is 3.24. The van der Waals surface area contributed by atoms with Crippen molar-refractivity contribution in [1.82, 2.24) is 14.5 Å². The molecule has 36 heavy (non-hydrogen) atoms. The van der Waals surface area contributed by atoms with Gasteiger partial charge in [0, 0.05) is 25.9 Å². The molecule has 3 rings (SSSR count). The van der Waals surface area contributed by atoms with Crippen LogP contribution in [0.15, 0.2) is 47.6 Å². The van der Waals surface area contributed by atoms with Crippen LogP contribution in [0, 0.1) is 5.82 Å². The molecular formula is C22H27ClF3N5O3SSi. The van der Waals surface area contributed by atoms with E-state index in [1.807, 2.05) is 0 Å². The van der Waals surface area contributed by atoms with E-state index in [0.29, 0.717) is 17.2 Å². The van der Waals surface area contributed by atoms with Crippen LogP contribution in [-0.2, 0) is 21.5 Å². The predicted molar refractivity (Wildman–Crippen MR) is 134 cm³/mol. The zero-order valence-electron chi connectivity index (χ0n) is 19.9. The molecule has 1 unspecified atom stereocenters. The van der Waals surface area contributed by atoms with Crippen LogP contribution < -0.4 is 10.5 Å². The van der Waals surface area contributed by atoms with Gasteiger partial charge in [-0.1, -0.05) is 43.4 Å². The Morgan fingerprint density at radius 2 is 1.92 bits per heavy atom. The quantitative estimate of drug-likeness (QED) is 0.247. The van der Waals surface area contributed by atoms with E-state index < -0.39 is 47.1 Å². The lowest BCUT2D eigenvalue weighted by atomic mass is 10.1. The number of primary sulfonamides is 1. The summed E-state index contributed by atoms with van der Waals surface area (Å²) in [6.07, 6.45) is -1.90. The third-order valence-electron chi connectivity index (χ3n) is 5.12. The topological polar surface area (TPSA) is 112 Å². The monoisotopic (exact) mass is 561 g/mol. The van der Waals surface area contributed by atoms with Crippen LogP contribution in [0.3, 0.4) is 0 Å². The molecule has 0 saturated carbocycles. The molecule has 14 heteroatoms. The first kappa shape index (κ1) is 28.1. The minimum absolute atomic E-state index is 0.0415. The predicted octanol–water partition coefficient (Wildman–Crippen LogP) is 5.17. The summed E-state index contributed by atoms with van der Waals surface area (Å²) in [5.41, 5.74) is -0.504. The molecule has 2 aromatic heterocycles. The van der Waals surface area contributed by atoms with E-state index in [4.69, 9.17) is 21.5 Å². The number of nitrogens with two attached hydrogens (primary N) is 1. The van der Waals surface area contributed by atoms with E-state index in [1.165, 1.54) is 16.8 Å². The number of ether oxygens (including phenoxy) is 1. The Labute approximate surface area is 213 Å². The number of alkyl halides is 2. The van der Waals surface area contributed by atoms with E-state index in [1.54, 1.807) is 24.3 Å². The van der Waals surface area contributed by atoms with Gasteiger partial charge in [-0.3, -0.25) is 0 Å². The molecule has 0 spiro atoms. The maximum atomic E-state index is 13.8. The van der Waals surface area contributed by atoms with Gasteiger partial charge in [0.15, 0.2) is 10.8 Å². The van der Waals surface area contributed by atoms with Crippen molar-refractivity contribution in [2.45, 2.75) is 49.9 Å². The average molecular weight is 562 g/mol. The second-order valence-electron chi connectivity index (χ2n) is 9.30. The lowest BCUT2D eigenvalue weighted by Crippen LogP contribution is -2.23. The van der Waals surface area contributed by atoms with Crippen LogP contribution in [0.1, 0.15) is 29.5 Å². The van der Waals surface area contributed by atoms with Gasteiger partial charge in [-0.05, 0) is 35.9 Å². The number of aromatic nitrogens is 3. The fraction of sp³-hybridized carbons (Fsp3) is 0.364. The van der Waals surface area contributed by atoms with Crippen LogP contribution in [0.4, 0.5) is 19.0 Å². The average Bonchev–Trinajstić information content (AvgIpc) is 3.19. The molecule has 0 saturated heterocycles. The zero-order chi connectivity index (χ0) is 26.7. The molecule has 1 atom stereocenters. The highest BCUT2D eigenvalue weighted by atomic mass is 35.5. The number of sulfonamides is 1. The first-order valence-electron chi connectivity index (χ1n) is 10.9. The number of nitrogens with one attached hydrogen (secondary N) is 1. The first-order chi connectivity index (χ1) is 16.7. The Morgan fingerprint density at radius 3 is 2.53 bits per heavy atom. The largest absolute Gasteiger partial charge is 0.361 e. The number of hydrogen-bond acceptors (Lipinski definition) is 6. The van der Waals surface area contributed by atoms with Crippen molar-refractivity contribution in [2.24, 2.45) is 5.14 Å². The van der Waals surface area contributed by atoms with Crippen LogP contribution in [0.25, 0.3) is 0 Å². The molecule has 0 aliphatic rings. The Hall–Kier alpha value is -2.45. The normalized spacial score (nSPS) is 13.2. The SMILES string of the molecule is C[Si](C)(C)CCOCn1cc(S(N)(=O)=O)nc1C(Nc1ccc(F)c(C(F)F)n1)c1cccc(Cl)c1. The number of anilines is 1. The summed E-state index contributed by atoms with van der Waals surface area (Å²) in [6, 6.07) is 8.59. The highest BCUT2D eigenvalue weighted by Gasteiger charge is 2.26. The summed E-state index contributed by atoms with van der Waals surface area (Å²) in [5, 5.41) is 8.23. The molecule has 0 aliphatic carbocycles. The Kier molecular flexibility index (Phi) is 8.83. The molecule has 3 aromatic rings. The summed E-state index contributed by atoms with van der Waals surface area (Å²) in [4.78, 5) is 7.91. The van der Waals surface area contributed by atoms with Gasteiger partial charge in [-0.15, -0.1) is 0 Å². The van der Waals surface area contributed by atoms with Crippen molar-refractivity contribution in [2.75, 3.05) is 11.9 Å². The molecule has 196 valence electrons. The second-order valence-corrected chi connectivity index (χ2v) is 16.9. The van der Waals surface area contributed by atoms with Gasteiger partial charge in [-0.2, -0.15) is 0 Å². The Balaban J connectivity index is 2.06. The first-order valence-corrected chi connectivity index (χ1v) is 16.5. The van der Waals surface area contributed by atoms with E-state index in [0.717, 1.165) is 12.1 Å². The minimum atomic E-state index is -4.18. The van der Waals surface area contributed by atoms with Crippen molar-refractivity contribution in [3.8, 4) is 0 Å². The maximum Gasteiger partial charge on any atom is 0.283 e. The van der Waals surface area contributed by atoms with Gasteiger partial charge in [0.2, 0.25) is 0 Å². The number of imidazole rings is 1. The molecule has 0 amide bonds. The molecule has 0 bridgehead atoms. The Bertz CT molecular complexity index is 1320. The van der Waals surface area contributed by atoms with Gasteiger partial charge in [0.1, 0.15) is 30.1 Å². The smallest absolute Gasteiger partial charge is 0.283 e. The summed E-state index contributed by atoms with van der Waals surface area (Å²) in [5.74, 6) is -1.08. The molecule has 3 N–H and O–H groups in total. The van der Waals surface area contributed by atoms with E-state index in [2.05, 4.69) is 34.9 Å². The summed E-state index contributed by atoms with van der Waals surface area (Å²) < 4.78 is 71.7. The van der Waals surface area contributed by atoms with Gasteiger partial charge in [0.05, 0.1) is 0 Å². The van der Waals surface area contributed by atoms with E-state index >= 15 is 0 Å². The summed E-state index contributed by atoms with van der Waals surface area (Å²) in [7, 11) is -5.56. The lowest BCUT2D eigenvalue weighted by molar-refractivity contribution is 0.0847. The van der Waals surface area contributed by atoms with Crippen LogP contribution in [0.2, 0.25) is 30.7 Å². The molecule has 0 fully saturated rings. The number of rotatable bonds is 11. The van der Waals surface area contributed by atoms with Crippen LogP contribution in [0.5, 0.6) is 0 Å². The molecule has 8 nitrogen and oxygen atoms in total. The lowest BCUT2D eigenvalue weighted by Gasteiger charge is -2.22. The standard InChI is InChI=1S/C22H27ClF3N5O3SSi/c1-36(2,3)10-9-34-13-31-12-18(35(27,32)33)30-22(31)19(14-5-4-6-15(23)11-14)28-17-8-7-16(24)20(29-17)21(25)26/h4-8,11-12,19,21H,9-10,13H2,1-3H3,(H,28,29)(H2,27,32,33). The van der Waals surface area contributed by atoms with Crippen molar-refractivity contribution < 1.29 is 26.3 Å². The molecule has 0 radical (unpaired) electrons. The highest BCUT2D eigenvalue weighted by Crippen LogP contribution is 2.30. The van der Waals surface area contributed by atoms with Gasteiger partial charge in [-0.25, -0.2) is 36.7 Å². The second kappa shape index (κ2) is 11.3. The van der Waals surface area contributed by atoms with E-state index in [9.17, 15) is 21.6 Å². The maximum absolute atomic E-state index is 13.8. The molecule has 2 heterocycles.